The SMILES string of the molecule is C/C(=C/C(=O)Nc1cccc(C(F)(F)F)c1)C(=O)OCc1ccccc1. The number of esters is 1. The van der Waals surface area contributed by atoms with Crippen molar-refractivity contribution in [2.75, 3.05) is 5.32 Å². The first-order valence-corrected chi connectivity index (χ1v) is 7.63. The zero-order chi connectivity index (χ0) is 19.2. The van der Waals surface area contributed by atoms with Crippen molar-refractivity contribution in [2.45, 2.75) is 19.7 Å². The van der Waals surface area contributed by atoms with E-state index in [9.17, 15) is 22.8 Å². The van der Waals surface area contributed by atoms with Crippen molar-refractivity contribution in [3.8, 4) is 0 Å². The third kappa shape index (κ3) is 5.77. The smallest absolute Gasteiger partial charge is 0.416 e. The summed E-state index contributed by atoms with van der Waals surface area (Å²) in [6.07, 6.45) is -3.53. The number of hydrogen-bond acceptors (Lipinski definition) is 3. The number of nitrogens with one attached hydrogen (secondary N) is 1. The molecule has 0 spiro atoms. The van der Waals surface area contributed by atoms with Crippen molar-refractivity contribution in [3.63, 3.8) is 0 Å². The number of carbonyl (C=O) groups excluding carboxylic acids is 2. The van der Waals surface area contributed by atoms with Crippen LogP contribution in [0.4, 0.5) is 18.9 Å². The lowest BCUT2D eigenvalue weighted by molar-refractivity contribution is -0.140. The minimum Gasteiger partial charge on any atom is -0.457 e. The van der Waals surface area contributed by atoms with Crippen LogP contribution in [0.15, 0.2) is 66.2 Å². The zero-order valence-corrected chi connectivity index (χ0v) is 13.8. The number of carbonyl (C=O) groups is 2. The largest absolute Gasteiger partial charge is 0.457 e. The van der Waals surface area contributed by atoms with E-state index >= 15 is 0 Å². The van der Waals surface area contributed by atoms with Gasteiger partial charge in [-0.15, -0.1) is 0 Å². The Hall–Kier alpha value is -3.09. The molecule has 0 aromatic heterocycles. The van der Waals surface area contributed by atoms with E-state index in [1.165, 1.54) is 19.1 Å². The van der Waals surface area contributed by atoms with Gasteiger partial charge < -0.3 is 10.1 Å². The second-order valence-electron chi connectivity index (χ2n) is 5.46. The highest BCUT2D eigenvalue weighted by molar-refractivity contribution is 6.04. The van der Waals surface area contributed by atoms with Gasteiger partial charge in [0.2, 0.25) is 5.91 Å². The van der Waals surface area contributed by atoms with E-state index in [0.717, 1.165) is 23.8 Å². The summed E-state index contributed by atoms with van der Waals surface area (Å²) in [4.78, 5) is 23.8. The highest BCUT2D eigenvalue weighted by Gasteiger charge is 2.30. The monoisotopic (exact) mass is 363 g/mol. The zero-order valence-electron chi connectivity index (χ0n) is 13.8. The average Bonchev–Trinajstić information content (AvgIpc) is 2.60. The first kappa shape index (κ1) is 19.2. The molecule has 0 unspecified atom stereocenters. The number of rotatable bonds is 5. The fourth-order valence-corrected chi connectivity index (χ4v) is 2.04. The highest BCUT2D eigenvalue weighted by atomic mass is 19.4. The molecule has 0 fully saturated rings. The summed E-state index contributed by atoms with van der Waals surface area (Å²) < 4.78 is 43.0. The molecule has 136 valence electrons. The first-order chi connectivity index (χ1) is 12.3. The van der Waals surface area contributed by atoms with Gasteiger partial charge in [-0.3, -0.25) is 4.79 Å². The molecule has 0 radical (unpaired) electrons. The Morgan fingerprint density at radius 3 is 2.42 bits per heavy atom. The van der Waals surface area contributed by atoms with E-state index in [1.54, 1.807) is 24.3 Å². The predicted molar refractivity (Wildman–Crippen MR) is 90.1 cm³/mol. The minimum atomic E-state index is -4.51. The highest BCUT2D eigenvalue weighted by Crippen LogP contribution is 2.30. The summed E-state index contributed by atoms with van der Waals surface area (Å²) in [5, 5.41) is 2.29. The molecule has 1 N–H and O–H groups in total. The summed E-state index contributed by atoms with van der Waals surface area (Å²) in [6.45, 7) is 1.44. The number of halogens is 3. The quantitative estimate of drug-likeness (QED) is 0.635. The third-order valence-electron chi connectivity index (χ3n) is 3.34. The van der Waals surface area contributed by atoms with Crippen molar-refractivity contribution >= 4 is 17.6 Å². The van der Waals surface area contributed by atoms with Crippen LogP contribution in [0, 0.1) is 0 Å². The molecular formula is C19H16F3NO3. The number of alkyl halides is 3. The Labute approximate surface area is 148 Å². The Morgan fingerprint density at radius 1 is 1.08 bits per heavy atom. The van der Waals surface area contributed by atoms with Crippen LogP contribution in [-0.2, 0) is 27.1 Å². The maximum Gasteiger partial charge on any atom is 0.416 e. The van der Waals surface area contributed by atoms with Gasteiger partial charge in [0.25, 0.3) is 0 Å². The second kappa shape index (κ2) is 8.33. The summed E-state index contributed by atoms with van der Waals surface area (Å²) in [5.74, 6) is -1.41. The molecule has 0 bridgehead atoms. The molecule has 0 saturated carbocycles. The normalized spacial score (nSPS) is 11.8. The van der Waals surface area contributed by atoms with Gasteiger partial charge in [0.05, 0.1) is 5.56 Å². The number of benzene rings is 2. The van der Waals surface area contributed by atoms with Crippen LogP contribution >= 0.6 is 0 Å². The van der Waals surface area contributed by atoms with Crippen LogP contribution in [0.3, 0.4) is 0 Å². The van der Waals surface area contributed by atoms with Crippen LogP contribution in [-0.4, -0.2) is 11.9 Å². The van der Waals surface area contributed by atoms with Crippen molar-refractivity contribution < 1.29 is 27.5 Å². The lowest BCUT2D eigenvalue weighted by Gasteiger charge is -2.09. The molecule has 2 aromatic rings. The average molecular weight is 363 g/mol. The maximum atomic E-state index is 12.7. The van der Waals surface area contributed by atoms with Gasteiger partial charge >= 0.3 is 12.1 Å². The standard InChI is InChI=1S/C19H16F3NO3/c1-13(18(25)26-12-14-6-3-2-4-7-14)10-17(24)23-16-9-5-8-15(11-16)19(20,21)22/h2-11H,12H2,1H3,(H,23,24)/b13-10-. The Balaban J connectivity index is 1.95. The fourth-order valence-electron chi connectivity index (χ4n) is 2.04. The Kier molecular flexibility index (Phi) is 6.16. The Morgan fingerprint density at radius 2 is 1.77 bits per heavy atom. The lowest BCUT2D eigenvalue weighted by Crippen LogP contribution is -2.13. The minimum absolute atomic E-state index is 0.0217. The molecule has 0 atom stereocenters. The molecule has 0 aliphatic carbocycles. The summed E-state index contributed by atoms with van der Waals surface area (Å²) in [6, 6.07) is 13.2. The molecule has 26 heavy (non-hydrogen) atoms. The predicted octanol–water partition coefficient (Wildman–Crippen LogP) is 4.33. The van der Waals surface area contributed by atoms with Gasteiger partial charge in [0, 0.05) is 17.3 Å². The van der Waals surface area contributed by atoms with Crippen LogP contribution in [0.1, 0.15) is 18.1 Å². The first-order valence-electron chi connectivity index (χ1n) is 7.63. The second-order valence-corrected chi connectivity index (χ2v) is 5.46. The lowest BCUT2D eigenvalue weighted by atomic mass is 10.2. The van der Waals surface area contributed by atoms with Gasteiger partial charge in [0.1, 0.15) is 6.61 Å². The molecule has 0 heterocycles. The van der Waals surface area contributed by atoms with E-state index < -0.39 is 23.6 Å². The molecule has 2 aromatic carbocycles. The molecule has 2 rings (SSSR count). The molecular weight excluding hydrogens is 347 g/mol. The molecule has 0 aliphatic heterocycles. The topological polar surface area (TPSA) is 55.4 Å². The molecule has 4 nitrogen and oxygen atoms in total. The number of ether oxygens (including phenoxy) is 1. The van der Waals surface area contributed by atoms with E-state index in [4.69, 9.17) is 4.74 Å². The number of anilines is 1. The third-order valence-corrected chi connectivity index (χ3v) is 3.34. The maximum absolute atomic E-state index is 12.7. The van der Waals surface area contributed by atoms with Crippen LogP contribution in [0.5, 0.6) is 0 Å². The summed E-state index contributed by atoms with van der Waals surface area (Å²) in [7, 11) is 0. The van der Waals surface area contributed by atoms with E-state index in [2.05, 4.69) is 5.32 Å². The molecule has 1 amide bonds. The fraction of sp³-hybridized carbons (Fsp3) is 0.158. The van der Waals surface area contributed by atoms with Crippen LogP contribution in [0.25, 0.3) is 0 Å². The van der Waals surface area contributed by atoms with Crippen molar-refractivity contribution in [3.05, 3.63) is 77.4 Å². The van der Waals surface area contributed by atoms with Crippen molar-refractivity contribution in [1.82, 2.24) is 0 Å². The van der Waals surface area contributed by atoms with E-state index in [0.29, 0.717) is 0 Å². The number of amides is 1. The van der Waals surface area contributed by atoms with Gasteiger partial charge in [-0.05, 0) is 30.7 Å². The molecule has 0 saturated heterocycles. The van der Waals surface area contributed by atoms with E-state index in [-0.39, 0.29) is 17.9 Å². The summed E-state index contributed by atoms with van der Waals surface area (Å²) in [5.41, 5.74) is -0.0720. The van der Waals surface area contributed by atoms with Gasteiger partial charge in [-0.1, -0.05) is 36.4 Å². The van der Waals surface area contributed by atoms with Crippen molar-refractivity contribution in [2.24, 2.45) is 0 Å². The van der Waals surface area contributed by atoms with Gasteiger partial charge in [-0.2, -0.15) is 13.2 Å². The van der Waals surface area contributed by atoms with Crippen LogP contribution < -0.4 is 5.32 Å². The van der Waals surface area contributed by atoms with Crippen molar-refractivity contribution in [1.29, 1.82) is 0 Å². The van der Waals surface area contributed by atoms with Crippen LogP contribution in [0.2, 0.25) is 0 Å². The van der Waals surface area contributed by atoms with E-state index in [1.807, 2.05) is 6.07 Å². The van der Waals surface area contributed by atoms with Gasteiger partial charge in [-0.25, -0.2) is 4.79 Å². The summed E-state index contributed by atoms with van der Waals surface area (Å²) >= 11 is 0. The molecule has 0 aliphatic rings. The Bertz CT molecular complexity index is 814. The molecule has 7 heteroatoms. The van der Waals surface area contributed by atoms with Gasteiger partial charge in [0.15, 0.2) is 0 Å². The number of hydrogen-bond donors (Lipinski definition) is 1.